The van der Waals surface area contributed by atoms with Crippen molar-refractivity contribution in [3.8, 4) is 0 Å². The van der Waals surface area contributed by atoms with Crippen LogP contribution < -0.4 is 10.6 Å². The van der Waals surface area contributed by atoms with Gasteiger partial charge < -0.3 is 15.2 Å². The molecule has 102 valence electrons. The number of carbonyl (C=O) groups is 1. The first-order chi connectivity index (χ1) is 9.20. The van der Waals surface area contributed by atoms with Gasteiger partial charge in [0, 0.05) is 23.7 Å². The number of likely N-dealkylation sites (N-methyl/N-ethyl adjacent to an activating group) is 1. The van der Waals surface area contributed by atoms with Crippen LogP contribution in [0.5, 0.6) is 0 Å². The maximum absolute atomic E-state index is 12.1. The van der Waals surface area contributed by atoms with E-state index in [-0.39, 0.29) is 11.9 Å². The van der Waals surface area contributed by atoms with Crippen LogP contribution in [0, 0.1) is 0 Å². The molecule has 0 saturated heterocycles. The van der Waals surface area contributed by atoms with Crippen LogP contribution in [-0.2, 0) is 6.54 Å². The molecular formula is C14H19N3OS. The number of aromatic nitrogens is 1. The van der Waals surface area contributed by atoms with Gasteiger partial charge in [-0.25, -0.2) is 0 Å². The van der Waals surface area contributed by atoms with Gasteiger partial charge in [0.15, 0.2) is 0 Å². The highest BCUT2D eigenvalue weighted by Crippen LogP contribution is 2.13. The molecule has 0 radical (unpaired) electrons. The standard InChI is InChI=1S/C14H19N3OS/c1-11(15-2)9-16-14(18)13-6-3-7-17(13)10-12-5-4-8-19-12/h3-8,11,15H,9-10H2,1-2H3,(H,16,18). The minimum atomic E-state index is -0.0244. The average Bonchev–Trinajstić information content (AvgIpc) is 3.07. The molecule has 0 aliphatic heterocycles. The van der Waals surface area contributed by atoms with Gasteiger partial charge in [-0.1, -0.05) is 6.07 Å². The van der Waals surface area contributed by atoms with Crippen molar-refractivity contribution in [2.45, 2.75) is 19.5 Å². The summed E-state index contributed by atoms with van der Waals surface area (Å²) in [5.41, 5.74) is 0.705. The molecule has 0 aliphatic rings. The van der Waals surface area contributed by atoms with Crippen LogP contribution in [0.3, 0.4) is 0 Å². The molecule has 0 aliphatic carbocycles. The Morgan fingerprint density at radius 3 is 2.95 bits per heavy atom. The molecule has 19 heavy (non-hydrogen) atoms. The zero-order chi connectivity index (χ0) is 13.7. The van der Waals surface area contributed by atoms with Gasteiger partial charge in [-0.3, -0.25) is 4.79 Å². The Labute approximate surface area is 117 Å². The molecule has 0 fully saturated rings. The number of hydrogen-bond acceptors (Lipinski definition) is 3. The zero-order valence-corrected chi connectivity index (χ0v) is 12.0. The summed E-state index contributed by atoms with van der Waals surface area (Å²) in [5.74, 6) is -0.0244. The molecule has 2 heterocycles. The largest absolute Gasteiger partial charge is 0.349 e. The normalized spacial score (nSPS) is 12.3. The lowest BCUT2D eigenvalue weighted by atomic mass is 10.3. The molecule has 0 aromatic carbocycles. The fraction of sp³-hybridized carbons (Fsp3) is 0.357. The average molecular weight is 277 g/mol. The molecular weight excluding hydrogens is 258 g/mol. The smallest absolute Gasteiger partial charge is 0.267 e. The molecule has 2 N–H and O–H groups in total. The highest BCUT2D eigenvalue weighted by atomic mass is 32.1. The fourth-order valence-electron chi connectivity index (χ4n) is 1.77. The van der Waals surface area contributed by atoms with Gasteiger partial charge in [-0.2, -0.15) is 0 Å². The maximum atomic E-state index is 12.1. The quantitative estimate of drug-likeness (QED) is 0.847. The first-order valence-electron chi connectivity index (χ1n) is 6.33. The molecule has 1 unspecified atom stereocenters. The van der Waals surface area contributed by atoms with Gasteiger partial charge in [0.25, 0.3) is 5.91 Å². The Kier molecular flexibility index (Phi) is 4.76. The molecule has 5 heteroatoms. The van der Waals surface area contributed by atoms with Crippen LogP contribution in [0.2, 0.25) is 0 Å². The van der Waals surface area contributed by atoms with Crippen molar-refractivity contribution in [1.82, 2.24) is 15.2 Å². The van der Waals surface area contributed by atoms with E-state index in [1.54, 1.807) is 11.3 Å². The van der Waals surface area contributed by atoms with E-state index in [1.165, 1.54) is 4.88 Å². The van der Waals surface area contributed by atoms with E-state index < -0.39 is 0 Å². The second-order valence-electron chi connectivity index (χ2n) is 4.50. The highest BCUT2D eigenvalue weighted by Gasteiger charge is 2.11. The number of nitrogens with one attached hydrogen (secondary N) is 2. The van der Waals surface area contributed by atoms with E-state index in [0.717, 1.165) is 6.54 Å². The predicted molar refractivity (Wildman–Crippen MR) is 78.7 cm³/mol. The monoisotopic (exact) mass is 277 g/mol. The van der Waals surface area contributed by atoms with Crippen LogP contribution >= 0.6 is 11.3 Å². The number of rotatable bonds is 6. The number of carbonyl (C=O) groups excluding carboxylic acids is 1. The Morgan fingerprint density at radius 2 is 2.26 bits per heavy atom. The van der Waals surface area contributed by atoms with Crippen molar-refractivity contribution in [3.05, 3.63) is 46.4 Å². The zero-order valence-electron chi connectivity index (χ0n) is 11.2. The summed E-state index contributed by atoms with van der Waals surface area (Å²) in [7, 11) is 1.89. The number of thiophene rings is 1. The topological polar surface area (TPSA) is 46.1 Å². The van der Waals surface area contributed by atoms with Gasteiger partial charge in [0.2, 0.25) is 0 Å². The lowest BCUT2D eigenvalue weighted by molar-refractivity contribution is 0.0942. The predicted octanol–water partition coefficient (Wildman–Crippen LogP) is 1.94. The third kappa shape index (κ3) is 3.68. The van der Waals surface area contributed by atoms with E-state index in [4.69, 9.17) is 0 Å². The molecule has 0 saturated carbocycles. The van der Waals surface area contributed by atoms with E-state index in [2.05, 4.69) is 16.7 Å². The third-order valence-electron chi connectivity index (χ3n) is 3.03. The van der Waals surface area contributed by atoms with Gasteiger partial charge in [0.1, 0.15) is 5.69 Å². The lowest BCUT2D eigenvalue weighted by Crippen LogP contribution is -2.37. The second-order valence-corrected chi connectivity index (χ2v) is 5.53. The Bertz CT molecular complexity index is 519. The molecule has 1 amide bonds. The van der Waals surface area contributed by atoms with Crippen molar-refractivity contribution in [2.24, 2.45) is 0 Å². The highest BCUT2D eigenvalue weighted by molar-refractivity contribution is 7.09. The summed E-state index contributed by atoms with van der Waals surface area (Å²) in [6, 6.07) is 8.13. The molecule has 2 aromatic rings. The van der Waals surface area contributed by atoms with Crippen molar-refractivity contribution in [3.63, 3.8) is 0 Å². The number of amides is 1. The second kappa shape index (κ2) is 6.54. The fourth-order valence-corrected chi connectivity index (χ4v) is 2.47. The summed E-state index contributed by atoms with van der Waals surface area (Å²) in [4.78, 5) is 13.4. The van der Waals surface area contributed by atoms with E-state index in [1.807, 2.05) is 48.3 Å². The van der Waals surface area contributed by atoms with Crippen LogP contribution in [0.1, 0.15) is 22.3 Å². The maximum Gasteiger partial charge on any atom is 0.267 e. The van der Waals surface area contributed by atoms with Crippen LogP contribution in [-0.4, -0.2) is 30.1 Å². The minimum absolute atomic E-state index is 0.0244. The summed E-state index contributed by atoms with van der Waals surface area (Å²) in [6.07, 6.45) is 1.94. The summed E-state index contributed by atoms with van der Waals surface area (Å²) in [5, 5.41) is 8.08. The van der Waals surface area contributed by atoms with Crippen LogP contribution in [0.4, 0.5) is 0 Å². The number of nitrogens with zero attached hydrogens (tertiary/aromatic N) is 1. The van der Waals surface area contributed by atoms with E-state index in [9.17, 15) is 4.79 Å². The molecule has 2 rings (SSSR count). The molecule has 4 nitrogen and oxygen atoms in total. The first kappa shape index (κ1) is 13.8. The van der Waals surface area contributed by atoms with E-state index in [0.29, 0.717) is 12.2 Å². The van der Waals surface area contributed by atoms with Gasteiger partial charge in [-0.05, 0) is 37.6 Å². The number of hydrogen-bond donors (Lipinski definition) is 2. The van der Waals surface area contributed by atoms with Crippen molar-refractivity contribution >= 4 is 17.2 Å². The van der Waals surface area contributed by atoms with Crippen molar-refractivity contribution in [2.75, 3.05) is 13.6 Å². The molecule has 1 atom stereocenters. The molecule has 0 spiro atoms. The van der Waals surface area contributed by atoms with Crippen molar-refractivity contribution in [1.29, 1.82) is 0 Å². The summed E-state index contributed by atoms with van der Waals surface area (Å²) >= 11 is 1.70. The third-order valence-corrected chi connectivity index (χ3v) is 3.89. The summed E-state index contributed by atoms with van der Waals surface area (Å²) in [6.45, 7) is 3.40. The SMILES string of the molecule is CNC(C)CNC(=O)c1cccn1Cc1cccs1. The Balaban J connectivity index is 2.00. The molecule has 0 bridgehead atoms. The Morgan fingerprint density at radius 1 is 1.42 bits per heavy atom. The minimum Gasteiger partial charge on any atom is -0.349 e. The Hall–Kier alpha value is -1.59. The van der Waals surface area contributed by atoms with Gasteiger partial charge in [-0.15, -0.1) is 11.3 Å². The first-order valence-corrected chi connectivity index (χ1v) is 7.21. The van der Waals surface area contributed by atoms with E-state index >= 15 is 0 Å². The van der Waals surface area contributed by atoms with Crippen LogP contribution in [0.25, 0.3) is 0 Å². The molecule has 2 aromatic heterocycles. The van der Waals surface area contributed by atoms with Crippen molar-refractivity contribution < 1.29 is 4.79 Å². The lowest BCUT2D eigenvalue weighted by Gasteiger charge is -2.12. The van der Waals surface area contributed by atoms with Crippen LogP contribution in [0.15, 0.2) is 35.8 Å². The van der Waals surface area contributed by atoms with Gasteiger partial charge in [0.05, 0.1) is 6.54 Å². The van der Waals surface area contributed by atoms with Gasteiger partial charge >= 0.3 is 0 Å². The summed E-state index contributed by atoms with van der Waals surface area (Å²) < 4.78 is 1.98.